The van der Waals surface area contributed by atoms with Crippen molar-refractivity contribution < 1.29 is 70.7 Å². The van der Waals surface area contributed by atoms with Crippen LogP contribution in [0.25, 0.3) is 0 Å². The monoisotopic (exact) mass is 350 g/mol. The largest absolute Gasteiger partial charge is 1.00 e. The molecule has 0 atom stereocenters. The molecule has 0 aliphatic carbocycles. The Hall–Kier alpha value is -0.294. The summed E-state index contributed by atoms with van der Waals surface area (Å²) in [5, 5.41) is 32.6. The standard InChI is InChI=1S/C10H8N2O2S2.C2H4O2.K/c13-11-7-3-1-5-9(11)15-16-10-6-2-4-8-12(10)14;1-2(3)4;/h1-8H;1H3,(H,3,4);/q;;+1/p-1. The molecule has 0 radical (unpaired) electrons. The molecule has 0 saturated heterocycles. The van der Waals surface area contributed by atoms with E-state index >= 15 is 0 Å². The number of carbonyl (C=O) groups excluding carboxylic acids is 1. The first-order chi connectivity index (χ1) is 9.50. The Balaban J connectivity index is 0.000000715. The van der Waals surface area contributed by atoms with Crippen LogP contribution in [0.15, 0.2) is 58.8 Å². The number of carboxylic acids is 1. The van der Waals surface area contributed by atoms with Gasteiger partial charge in [0.2, 0.25) is 0 Å². The second-order valence-corrected chi connectivity index (χ2v) is 5.56. The van der Waals surface area contributed by atoms with E-state index in [1.54, 1.807) is 36.4 Å². The van der Waals surface area contributed by atoms with E-state index in [4.69, 9.17) is 9.90 Å². The van der Waals surface area contributed by atoms with Gasteiger partial charge in [0.25, 0.3) is 10.1 Å². The Kier molecular flexibility index (Phi) is 11.1. The number of rotatable bonds is 3. The Morgan fingerprint density at radius 2 is 1.29 bits per heavy atom. The van der Waals surface area contributed by atoms with Crippen LogP contribution in [0.3, 0.4) is 0 Å². The van der Waals surface area contributed by atoms with Crippen LogP contribution >= 0.6 is 21.6 Å². The number of carboxylic acid groups (broad SMARTS) is 1. The molecule has 21 heavy (non-hydrogen) atoms. The number of pyridine rings is 2. The number of aliphatic carboxylic acids is 1. The maximum absolute atomic E-state index is 11.3. The number of aromatic nitrogens is 2. The van der Waals surface area contributed by atoms with Gasteiger partial charge in [-0.25, -0.2) is 0 Å². The topological polar surface area (TPSA) is 94.0 Å². The van der Waals surface area contributed by atoms with Gasteiger partial charge in [0.15, 0.2) is 12.4 Å². The van der Waals surface area contributed by atoms with E-state index in [2.05, 4.69) is 0 Å². The number of hydrogen-bond acceptors (Lipinski definition) is 6. The third-order valence-electron chi connectivity index (χ3n) is 1.79. The molecule has 0 fully saturated rings. The Labute approximate surface area is 172 Å². The van der Waals surface area contributed by atoms with Crippen LogP contribution in [0.2, 0.25) is 0 Å². The van der Waals surface area contributed by atoms with Gasteiger partial charge in [0.05, 0.1) is 0 Å². The molecule has 0 unspecified atom stereocenters. The smallest absolute Gasteiger partial charge is 0.618 e. The van der Waals surface area contributed by atoms with Crippen LogP contribution in [0.5, 0.6) is 0 Å². The van der Waals surface area contributed by atoms with E-state index in [-0.39, 0.29) is 51.4 Å². The zero-order valence-electron chi connectivity index (χ0n) is 11.5. The van der Waals surface area contributed by atoms with Crippen LogP contribution in [0, 0.1) is 10.4 Å². The van der Waals surface area contributed by atoms with Gasteiger partial charge >= 0.3 is 51.4 Å². The van der Waals surface area contributed by atoms with Crippen molar-refractivity contribution in [1.82, 2.24) is 0 Å². The summed E-state index contributed by atoms with van der Waals surface area (Å²) in [7, 11) is 2.52. The van der Waals surface area contributed by atoms with Crippen molar-refractivity contribution in [2.75, 3.05) is 0 Å². The fourth-order valence-corrected chi connectivity index (χ4v) is 3.03. The predicted octanol–water partition coefficient (Wildman–Crippen LogP) is -2.49. The summed E-state index contributed by atoms with van der Waals surface area (Å²) in [6.45, 7) is 0.972. The zero-order valence-corrected chi connectivity index (χ0v) is 16.2. The van der Waals surface area contributed by atoms with Crippen molar-refractivity contribution in [3.63, 3.8) is 0 Å². The Morgan fingerprint density at radius 1 is 0.952 bits per heavy atom. The van der Waals surface area contributed by atoms with Gasteiger partial charge in [-0.2, -0.15) is 9.46 Å². The molecule has 2 aromatic heterocycles. The fraction of sp³-hybridized carbons (Fsp3) is 0.0833. The van der Waals surface area contributed by atoms with E-state index in [1.165, 1.54) is 34.0 Å². The maximum atomic E-state index is 11.3. The minimum Gasteiger partial charge on any atom is -0.618 e. The van der Waals surface area contributed by atoms with Crippen molar-refractivity contribution >= 4 is 27.6 Å². The van der Waals surface area contributed by atoms with Gasteiger partial charge in [-0.1, -0.05) is 0 Å². The first-order valence-electron chi connectivity index (χ1n) is 5.39. The number of nitrogens with zero attached hydrogens (tertiary/aromatic N) is 2. The molecule has 2 heterocycles. The SMILES string of the molecule is CC(=O)[O-].[K+].[O-][n+]1ccccc1SSc1cccc[n+]1[O-]. The van der Waals surface area contributed by atoms with Gasteiger partial charge in [-0.3, -0.25) is 0 Å². The molecular weight excluding hydrogens is 339 g/mol. The molecule has 0 N–H and O–H groups in total. The molecule has 0 aliphatic rings. The van der Waals surface area contributed by atoms with Crippen LogP contribution in [0.1, 0.15) is 6.92 Å². The fourth-order valence-electron chi connectivity index (χ4n) is 1.04. The van der Waals surface area contributed by atoms with Crippen LogP contribution < -0.4 is 66.0 Å². The molecular formula is C12H11KN2O4S2. The van der Waals surface area contributed by atoms with Crippen LogP contribution in [0.4, 0.5) is 0 Å². The number of carbonyl (C=O) groups is 1. The van der Waals surface area contributed by atoms with Gasteiger partial charge in [-0.15, -0.1) is 0 Å². The first-order valence-corrected chi connectivity index (χ1v) is 7.54. The molecule has 106 valence electrons. The van der Waals surface area contributed by atoms with Crippen molar-refractivity contribution in [3.05, 3.63) is 59.2 Å². The molecule has 0 spiro atoms. The van der Waals surface area contributed by atoms with E-state index in [9.17, 15) is 10.4 Å². The Morgan fingerprint density at radius 3 is 1.57 bits per heavy atom. The first kappa shape index (κ1) is 20.7. The molecule has 0 saturated carbocycles. The average molecular weight is 350 g/mol. The molecule has 2 aromatic rings. The second kappa shape index (κ2) is 11.3. The van der Waals surface area contributed by atoms with Crippen LogP contribution in [-0.4, -0.2) is 5.97 Å². The van der Waals surface area contributed by atoms with E-state index < -0.39 is 5.97 Å². The zero-order chi connectivity index (χ0) is 15.0. The van der Waals surface area contributed by atoms with E-state index in [1.807, 2.05) is 0 Å². The summed E-state index contributed by atoms with van der Waals surface area (Å²) < 4.78 is 1.55. The molecule has 2 rings (SSSR count). The molecule has 9 heteroatoms. The molecule has 0 bridgehead atoms. The van der Waals surface area contributed by atoms with Gasteiger partial charge < -0.3 is 20.3 Å². The summed E-state index contributed by atoms with van der Waals surface area (Å²) in [5.74, 6) is -1.08. The quantitative estimate of drug-likeness (QED) is 0.263. The summed E-state index contributed by atoms with van der Waals surface area (Å²) in [6, 6.07) is 10.3. The van der Waals surface area contributed by atoms with Crippen molar-refractivity contribution in [2.24, 2.45) is 0 Å². The minimum absolute atomic E-state index is 0. The Bertz CT molecular complexity index is 537. The van der Waals surface area contributed by atoms with Crippen molar-refractivity contribution in [3.8, 4) is 0 Å². The average Bonchev–Trinajstić information content (AvgIpc) is 2.39. The number of hydrogen-bond donors (Lipinski definition) is 0. The summed E-state index contributed by atoms with van der Waals surface area (Å²) >= 11 is 0. The second-order valence-electron chi connectivity index (χ2n) is 3.39. The van der Waals surface area contributed by atoms with Crippen molar-refractivity contribution in [1.29, 1.82) is 0 Å². The maximum Gasteiger partial charge on any atom is 1.00 e. The molecule has 0 amide bonds. The molecule has 0 aromatic carbocycles. The summed E-state index contributed by atoms with van der Waals surface area (Å²) in [5.41, 5.74) is 0. The minimum atomic E-state index is -1.08. The van der Waals surface area contributed by atoms with E-state index in [0.29, 0.717) is 10.1 Å². The predicted molar refractivity (Wildman–Crippen MR) is 73.2 cm³/mol. The van der Waals surface area contributed by atoms with Crippen molar-refractivity contribution in [2.45, 2.75) is 17.0 Å². The normalized spacial score (nSPS) is 9.00. The molecule has 0 aliphatic heterocycles. The summed E-state index contributed by atoms with van der Waals surface area (Å²) in [6.07, 6.45) is 2.86. The third kappa shape index (κ3) is 8.66. The van der Waals surface area contributed by atoms with E-state index in [0.717, 1.165) is 16.4 Å². The van der Waals surface area contributed by atoms with Crippen LogP contribution in [-0.2, 0) is 4.79 Å². The van der Waals surface area contributed by atoms with Gasteiger partial charge in [0, 0.05) is 51.8 Å². The third-order valence-corrected chi connectivity index (χ3v) is 4.12. The molecule has 6 nitrogen and oxygen atoms in total. The van der Waals surface area contributed by atoms with Gasteiger partial charge in [-0.05, 0) is 19.1 Å². The van der Waals surface area contributed by atoms with Gasteiger partial charge in [0.1, 0.15) is 0 Å². The summed E-state index contributed by atoms with van der Waals surface area (Å²) in [4.78, 5) is 8.89.